The van der Waals surface area contributed by atoms with Crippen molar-refractivity contribution in [2.45, 2.75) is 105 Å². The molecule has 2 rings (SSSR count). The largest absolute Gasteiger partial charge is 0.467 e. The van der Waals surface area contributed by atoms with Crippen LogP contribution in [0.15, 0.2) is 72.1 Å². The second kappa shape index (κ2) is 22.0. The molecule has 0 heterocycles. The number of alkyl carbamates (subject to hydrolysis) is 1. The van der Waals surface area contributed by atoms with E-state index in [4.69, 9.17) is 9.47 Å². The first kappa shape index (κ1) is 45.7. The summed E-state index contributed by atoms with van der Waals surface area (Å²) in [6.45, 7) is 16.2. The first-order valence-electron chi connectivity index (χ1n) is 18.7. The minimum Gasteiger partial charge on any atom is -0.467 e. The highest BCUT2D eigenvalue weighted by molar-refractivity contribution is 6.06. The number of rotatable bonds is 18. The van der Waals surface area contributed by atoms with Gasteiger partial charge in [-0.05, 0) is 68.2 Å². The van der Waals surface area contributed by atoms with Crippen LogP contribution < -0.4 is 26.6 Å². The number of esters is 1. The number of amides is 5. The number of benzene rings is 2. The van der Waals surface area contributed by atoms with Crippen molar-refractivity contribution < 1.29 is 38.2 Å². The molecule has 0 saturated heterocycles. The molecule has 13 nitrogen and oxygen atoms in total. The van der Waals surface area contributed by atoms with E-state index in [0.717, 1.165) is 0 Å². The fraction of sp³-hybridized carbons (Fsp3) is 0.476. The molecule has 0 unspecified atom stereocenters. The molecule has 0 fully saturated rings. The van der Waals surface area contributed by atoms with Gasteiger partial charge >= 0.3 is 12.1 Å². The van der Waals surface area contributed by atoms with Gasteiger partial charge in [-0.15, -0.1) is 0 Å². The summed E-state index contributed by atoms with van der Waals surface area (Å²) in [6, 6.07) is 14.4. The Labute approximate surface area is 325 Å². The zero-order valence-electron chi connectivity index (χ0n) is 33.8. The van der Waals surface area contributed by atoms with E-state index in [1.54, 1.807) is 95.3 Å². The van der Waals surface area contributed by atoms with Crippen molar-refractivity contribution >= 4 is 47.8 Å². The zero-order valence-corrected chi connectivity index (χ0v) is 33.8. The summed E-state index contributed by atoms with van der Waals surface area (Å²) >= 11 is 0. The SMILES string of the molecule is CC[C@@H](C)[C@@H](NC(=O)/C(=C/c1ccccc1)NC(=O)[C@H](CC(C)C)NC(=O)OC(C)(C)C)C(=O)N/C(=C\c1ccccc1)C(=O)N[C@@H](C(=O)OC)[C@H](C)CC. The zero-order chi connectivity index (χ0) is 41.3. The van der Waals surface area contributed by atoms with Gasteiger partial charge < -0.3 is 36.1 Å². The lowest BCUT2D eigenvalue weighted by Crippen LogP contribution is -2.54. The minimum absolute atomic E-state index is 0.0111. The van der Waals surface area contributed by atoms with Gasteiger partial charge in [0.1, 0.15) is 35.1 Å². The number of methoxy groups -OCH3 is 1. The Kier molecular flexibility index (Phi) is 18.3. The van der Waals surface area contributed by atoms with Gasteiger partial charge in [0.15, 0.2) is 0 Å². The molecule has 0 aliphatic rings. The van der Waals surface area contributed by atoms with Crippen LogP contribution >= 0.6 is 0 Å². The molecule has 2 aromatic rings. The van der Waals surface area contributed by atoms with Crippen LogP contribution in [0.2, 0.25) is 0 Å². The van der Waals surface area contributed by atoms with Gasteiger partial charge in [0, 0.05) is 0 Å². The van der Waals surface area contributed by atoms with Crippen molar-refractivity contribution in [1.82, 2.24) is 26.6 Å². The van der Waals surface area contributed by atoms with E-state index in [1.165, 1.54) is 19.3 Å². The number of ether oxygens (including phenoxy) is 2. The molecular weight excluding hydrogens is 702 g/mol. The lowest BCUT2D eigenvalue weighted by molar-refractivity contribution is -0.146. The van der Waals surface area contributed by atoms with Gasteiger partial charge in [-0.2, -0.15) is 0 Å². The van der Waals surface area contributed by atoms with E-state index in [9.17, 15) is 28.8 Å². The van der Waals surface area contributed by atoms with Crippen LogP contribution in [0.5, 0.6) is 0 Å². The van der Waals surface area contributed by atoms with E-state index < -0.39 is 65.3 Å². The highest BCUT2D eigenvalue weighted by Gasteiger charge is 2.33. The minimum atomic E-state index is -1.18. The van der Waals surface area contributed by atoms with Crippen LogP contribution in [-0.4, -0.2) is 66.5 Å². The lowest BCUT2D eigenvalue weighted by Gasteiger charge is -2.27. The second-order valence-corrected chi connectivity index (χ2v) is 14.9. The predicted molar refractivity (Wildman–Crippen MR) is 213 cm³/mol. The molecule has 0 aromatic heterocycles. The molecule has 5 amide bonds. The maximum Gasteiger partial charge on any atom is 0.408 e. The smallest absolute Gasteiger partial charge is 0.408 e. The van der Waals surface area contributed by atoms with E-state index in [2.05, 4.69) is 26.6 Å². The molecule has 300 valence electrons. The molecule has 5 N–H and O–H groups in total. The molecule has 55 heavy (non-hydrogen) atoms. The van der Waals surface area contributed by atoms with Crippen molar-refractivity contribution in [3.05, 3.63) is 83.2 Å². The number of carbonyl (C=O) groups is 6. The summed E-state index contributed by atoms with van der Waals surface area (Å²) in [5, 5.41) is 13.5. The average Bonchev–Trinajstić information content (AvgIpc) is 3.13. The van der Waals surface area contributed by atoms with Gasteiger partial charge in [-0.3, -0.25) is 19.2 Å². The first-order chi connectivity index (χ1) is 25.9. The summed E-state index contributed by atoms with van der Waals surface area (Å²) in [5.41, 5.74) is 0.0465. The monoisotopic (exact) mass is 761 g/mol. The Morgan fingerprint density at radius 2 is 1.09 bits per heavy atom. The third-order valence-corrected chi connectivity index (χ3v) is 8.68. The van der Waals surface area contributed by atoms with Crippen LogP contribution in [0.25, 0.3) is 12.2 Å². The molecule has 5 atom stereocenters. The molecule has 2 aromatic carbocycles. The van der Waals surface area contributed by atoms with E-state index in [1.807, 2.05) is 27.7 Å². The molecule has 0 aliphatic heterocycles. The molecule has 0 bridgehead atoms. The fourth-order valence-electron chi connectivity index (χ4n) is 5.27. The van der Waals surface area contributed by atoms with Crippen molar-refractivity contribution in [1.29, 1.82) is 0 Å². The summed E-state index contributed by atoms with van der Waals surface area (Å²) in [7, 11) is 1.23. The number of hydrogen-bond acceptors (Lipinski definition) is 8. The Balaban J connectivity index is 2.51. The topological polar surface area (TPSA) is 181 Å². The van der Waals surface area contributed by atoms with Gasteiger partial charge in [0.25, 0.3) is 11.8 Å². The van der Waals surface area contributed by atoms with E-state index in [0.29, 0.717) is 24.0 Å². The van der Waals surface area contributed by atoms with Gasteiger partial charge in [0.2, 0.25) is 11.8 Å². The standard InChI is InChI=1S/C42H59N5O8/c1-11-27(5)34(39(51)44-33(25-30-21-17-14-18-22-30)38(50)47-35(28(6)12-2)40(52)54-10)46-37(49)32(24-29-19-15-13-16-20-29)43-36(48)31(23-26(3)4)45-41(53)55-42(7,8)9/h13-22,24-28,31,34-35H,11-12,23H2,1-10H3,(H,43,48)(H,44,51)(H,45,53)(H,46,49)(H,47,50)/b32-24-,33-25-/t27-,28-,31+,34-,35-/m1/s1. The molecule has 0 aliphatic carbocycles. The Morgan fingerprint density at radius 3 is 1.51 bits per heavy atom. The Hall–Kier alpha value is -5.46. The molecule has 13 heteroatoms. The number of hydrogen-bond donors (Lipinski definition) is 5. The van der Waals surface area contributed by atoms with Crippen LogP contribution in [0, 0.1) is 17.8 Å². The third-order valence-electron chi connectivity index (χ3n) is 8.68. The summed E-state index contributed by atoms with van der Waals surface area (Å²) in [4.78, 5) is 81.1. The van der Waals surface area contributed by atoms with Crippen LogP contribution in [0.1, 0.15) is 92.7 Å². The van der Waals surface area contributed by atoms with Crippen molar-refractivity contribution in [2.75, 3.05) is 7.11 Å². The van der Waals surface area contributed by atoms with E-state index in [-0.39, 0.29) is 29.7 Å². The van der Waals surface area contributed by atoms with Crippen molar-refractivity contribution in [3.63, 3.8) is 0 Å². The normalized spacial score (nSPS) is 14.7. The Morgan fingerprint density at radius 1 is 0.655 bits per heavy atom. The van der Waals surface area contributed by atoms with Crippen molar-refractivity contribution in [2.24, 2.45) is 17.8 Å². The predicted octanol–water partition coefficient (Wildman–Crippen LogP) is 5.48. The number of nitrogens with one attached hydrogen (secondary N) is 5. The maximum atomic E-state index is 14.1. The summed E-state index contributed by atoms with van der Waals surface area (Å²) in [6.07, 6.45) is 3.43. The highest BCUT2D eigenvalue weighted by Crippen LogP contribution is 2.16. The van der Waals surface area contributed by atoms with Gasteiger partial charge in [-0.25, -0.2) is 9.59 Å². The molecule has 0 radical (unpaired) electrons. The Bertz CT molecular complexity index is 1670. The molecule has 0 saturated carbocycles. The maximum absolute atomic E-state index is 14.1. The van der Waals surface area contributed by atoms with Gasteiger partial charge in [-0.1, -0.05) is 115 Å². The lowest BCUT2D eigenvalue weighted by atomic mass is 9.97. The van der Waals surface area contributed by atoms with E-state index >= 15 is 0 Å². The quantitative estimate of drug-likeness (QED) is 0.0979. The molecular formula is C42H59N5O8. The average molecular weight is 762 g/mol. The third kappa shape index (κ3) is 15.8. The van der Waals surface area contributed by atoms with Crippen LogP contribution in [0.3, 0.4) is 0 Å². The number of carbonyl (C=O) groups excluding carboxylic acids is 6. The molecule has 0 spiro atoms. The highest BCUT2D eigenvalue weighted by atomic mass is 16.6. The van der Waals surface area contributed by atoms with Gasteiger partial charge in [0.05, 0.1) is 7.11 Å². The van der Waals surface area contributed by atoms with Crippen molar-refractivity contribution in [3.8, 4) is 0 Å². The van der Waals surface area contributed by atoms with Crippen LogP contribution in [-0.2, 0) is 33.4 Å². The van der Waals surface area contributed by atoms with Crippen LogP contribution in [0.4, 0.5) is 4.79 Å². The fourth-order valence-corrected chi connectivity index (χ4v) is 5.27. The summed E-state index contributed by atoms with van der Waals surface area (Å²) in [5.74, 6) is -4.23. The first-order valence-corrected chi connectivity index (χ1v) is 18.7. The summed E-state index contributed by atoms with van der Waals surface area (Å²) < 4.78 is 10.3. The second-order valence-electron chi connectivity index (χ2n) is 14.9.